The third-order valence-electron chi connectivity index (χ3n) is 5.37. The van der Waals surface area contributed by atoms with Gasteiger partial charge in [-0.15, -0.1) is 0 Å². The van der Waals surface area contributed by atoms with Gasteiger partial charge >= 0.3 is 6.18 Å². The van der Waals surface area contributed by atoms with Crippen LogP contribution in [0.15, 0.2) is 83.4 Å². The number of alkyl halides is 3. The molecular formula is C26H16Cl2F3N3O2S. The number of nitriles is 1. The van der Waals surface area contributed by atoms with E-state index in [1.165, 1.54) is 35.2 Å². The average Bonchev–Trinajstić information content (AvgIpc) is 3.17. The van der Waals surface area contributed by atoms with E-state index in [-0.39, 0.29) is 32.8 Å². The molecule has 1 aliphatic heterocycles. The fraction of sp³-hybridized carbons (Fsp3) is 0.115. The zero-order chi connectivity index (χ0) is 26.7. The van der Waals surface area contributed by atoms with Gasteiger partial charge in [0.2, 0.25) is 5.91 Å². The Labute approximate surface area is 224 Å². The van der Waals surface area contributed by atoms with Gasteiger partial charge in [0.15, 0.2) is 0 Å². The number of hydrogen-bond acceptors (Lipinski definition) is 4. The molecule has 1 fully saturated rings. The number of nitrogens with one attached hydrogen (secondary N) is 1. The number of rotatable bonds is 5. The van der Waals surface area contributed by atoms with Crippen molar-refractivity contribution in [3.8, 4) is 6.07 Å². The maximum absolute atomic E-state index is 13.5. The van der Waals surface area contributed by atoms with Crippen molar-refractivity contribution in [3.63, 3.8) is 0 Å². The SMILES string of the molecule is N#C/C(C(=O)Nc1ccc(Cl)c(Cl)c1)=C1/S[C@@H](Cc2cccc(C(F)(F)F)c2)C(=O)N1c1ccccc1. The van der Waals surface area contributed by atoms with Crippen molar-refractivity contribution in [2.45, 2.75) is 17.8 Å². The second-order valence-electron chi connectivity index (χ2n) is 7.89. The van der Waals surface area contributed by atoms with Crippen molar-refractivity contribution in [3.05, 3.63) is 105 Å². The van der Waals surface area contributed by atoms with Gasteiger partial charge in [0.05, 0.1) is 20.9 Å². The Kier molecular flexibility index (Phi) is 7.83. The zero-order valence-corrected chi connectivity index (χ0v) is 21.1. The minimum Gasteiger partial charge on any atom is -0.321 e. The van der Waals surface area contributed by atoms with E-state index in [0.29, 0.717) is 11.3 Å². The van der Waals surface area contributed by atoms with Gasteiger partial charge in [-0.25, -0.2) is 0 Å². The van der Waals surface area contributed by atoms with Crippen LogP contribution in [0.1, 0.15) is 11.1 Å². The summed E-state index contributed by atoms with van der Waals surface area (Å²) in [5.74, 6) is -1.24. The van der Waals surface area contributed by atoms with Crippen LogP contribution in [0.5, 0.6) is 0 Å². The number of para-hydroxylation sites is 1. The molecule has 1 heterocycles. The van der Waals surface area contributed by atoms with E-state index in [1.54, 1.807) is 30.3 Å². The second kappa shape index (κ2) is 10.9. The summed E-state index contributed by atoms with van der Waals surface area (Å²) in [6.07, 6.45) is -4.56. The Morgan fingerprint density at radius 2 is 1.76 bits per heavy atom. The summed E-state index contributed by atoms with van der Waals surface area (Å²) >= 11 is 12.9. The predicted octanol–water partition coefficient (Wildman–Crippen LogP) is 7.08. The number of benzene rings is 3. The minimum absolute atomic E-state index is 0.0344. The molecule has 0 unspecified atom stereocenters. The minimum atomic E-state index is -4.53. The Morgan fingerprint density at radius 3 is 2.41 bits per heavy atom. The molecule has 1 saturated heterocycles. The maximum Gasteiger partial charge on any atom is 0.416 e. The van der Waals surface area contributed by atoms with Gasteiger partial charge in [0.25, 0.3) is 5.91 Å². The van der Waals surface area contributed by atoms with Crippen molar-refractivity contribution in [1.29, 1.82) is 5.26 Å². The van der Waals surface area contributed by atoms with E-state index in [4.69, 9.17) is 23.2 Å². The van der Waals surface area contributed by atoms with Crippen molar-refractivity contribution in [1.82, 2.24) is 0 Å². The summed E-state index contributed by atoms with van der Waals surface area (Å²) in [5, 5.41) is 12.2. The molecule has 0 aliphatic carbocycles. The third-order valence-corrected chi connectivity index (χ3v) is 7.37. The quantitative estimate of drug-likeness (QED) is 0.267. The molecule has 4 rings (SSSR count). The fourth-order valence-electron chi connectivity index (χ4n) is 3.66. The fourth-order valence-corrected chi connectivity index (χ4v) is 5.26. The molecule has 1 N–H and O–H groups in total. The summed E-state index contributed by atoms with van der Waals surface area (Å²) in [6.45, 7) is 0. The number of carbonyl (C=O) groups is 2. The maximum atomic E-state index is 13.5. The second-order valence-corrected chi connectivity index (χ2v) is 9.90. The lowest BCUT2D eigenvalue weighted by molar-refractivity contribution is -0.137. The standard InChI is InChI=1S/C26H16Cl2F3N3O2S/c27-20-10-9-17(13-21(20)28)33-23(35)19(14-32)25-34(18-7-2-1-3-8-18)24(36)22(37-25)12-15-5-4-6-16(11-15)26(29,30)31/h1-11,13,22H,12H2,(H,33,35)/b25-19-/t22-/m0/s1. The van der Waals surface area contributed by atoms with E-state index in [1.807, 2.05) is 6.07 Å². The summed E-state index contributed by atoms with van der Waals surface area (Å²) < 4.78 is 39.6. The van der Waals surface area contributed by atoms with Crippen molar-refractivity contribution in [2.24, 2.45) is 0 Å². The number of amides is 2. The van der Waals surface area contributed by atoms with Crippen LogP contribution in [0.25, 0.3) is 0 Å². The van der Waals surface area contributed by atoms with Crippen LogP contribution in [0, 0.1) is 11.3 Å². The van der Waals surface area contributed by atoms with Gasteiger partial charge in [-0.2, -0.15) is 18.4 Å². The van der Waals surface area contributed by atoms with Crippen LogP contribution in [-0.4, -0.2) is 17.1 Å². The molecule has 37 heavy (non-hydrogen) atoms. The molecule has 3 aromatic carbocycles. The number of nitrogens with zero attached hydrogens (tertiary/aromatic N) is 2. The highest BCUT2D eigenvalue weighted by atomic mass is 35.5. The Bertz CT molecular complexity index is 1440. The average molecular weight is 562 g/mol. The lowest BCUT2D eigenvalue weighted by Gasteiger charge is -2.18. The first-order chi connectivity index (χ1) is 17.6. The molecular weight excluding hydrogens is 546 g/mol. The van der Waals surface area contributed by atoms with Gasteiger partial charge in [-0.3, -0.25) is 14.5 Å². The van der Waals surface area contributed by atoms with Gasteiger partial charge < -0.3 is 5.32 Å². The highest BCUT2D eigenvalue weighted by Gasteiger charge is 2.41. The number of carbonyl (C=O) groups excluding carboxylic acids is 2. The van der Waals surface area contributed by atoms with Crippen molar-refractivity contribution < 1.29 is 22.8 Å². The summed E-state index contributed by atoms with van der Waals surface area (Å²) in [5.41, 5.74) is -0.158. The molecule has 0 aromatic heterocycles. The van der Waals surface area contributed by atoms with E-state index in [2.05, 4.69) is 5.32 Å². The summed E-state index contributed by atoms with van der Waals surface area (Å²) in [4.78, 5) is 27.8. The molecule has 0 saturated carbocycles. The highest BCUT2D eigenvalue weighted by Crippen LogP contribution is 2.42. The molecule has 0 radical (unpaired) electrons. The van der Waals surface area contributed by atoms with E-state index in [9.17, 15) is 28.0 Å². The van der Waals surface area contributed by atoms with E-state index < -0.39 is 28.8 Å². The Balaban J connectivity index is 1.70. The summed E-state index contributed by atoms with van der Waals surface area (Å²) in [7, 11) is 0. The molecule has 11 heteroatoms. The molecule has 1 aliphatic rings. The normalized spacial score (nSPS) is 16.9. The van der Waals surface area contributed by atoms with Gasteiger partial charge in [0.1, 0.15) is 16.7 Å². The van der Waals surface area contributed by atoms with Crippen LogP contribution in [-0.2, 0) is 22.2 Å². The first-order valence-electron chi connectivity index (χ1n) is 10.7. The zero-order valence-electron chi connectivity index (χ0n) is 18.7. The topological polar surface area (TPSA) is 73.2 Å². The van der Waals surface area contributed by atoms with Crippen LogP contribution >= 0.6 is 35.0 Å². The lowest BCUT2D eigenvalue weighted by atomic mass is 10.1. The largest absolute Gasteiger partial charge is 0.416 e. The van der Waals surface area contributed by atoms with Crippen molar-refractivity contribution in [2.75, 3.05) is 10.2 Å². The lowest BCUT2D eigenvalue weighted by Crippen LogP contribution is -2.30. The molecule has 0 spiro atoms. The predicted molar refractivity (Wildman–Crippen MR) is 138 cm³/mol. The number of hydrogen-bond donors (Lipinski definition) is 1. The highest BCUT2D eigenvalue weighted by molar-refractivity contribution is 8.05. The molecule has 0 bridgehead atoms. The summed E-state index contributed by atoms with van der Waals surface area (Å²) in [6, 6.07) is 19.4. The molecule has 5 nitrogen and oxygen atoms in total. The first kappa shape index (κ1) is 26.6. The van der Waals surface area contributed by atoms with Crippen LogP contribution < -0.4 is 10.2 Å². The molecule has 3 aromatic rings. The molecule has 188 valence electrons. The third kappa shape index (κ3) is 5.93. The Hall–Kier alpha value is -3.45. The monoisotopic (exact) mass is 561 g/mol. The van der Waals surface area contributed by atoms with Gasteiger partial charge in [0, 0.05) is 11.4 Å². The van der Waals surface area contributed by atoms with E-state index in [0.717, 1.165) is 23.9 Å². The van der Waals surface area contributed by atoms with Gasteiger partial charge in [-0.05, 0) is 48.4 Å². The van der Waals surface area contributed by atoms with Crippen molar-refractivity contribution >= 4 is 58.2 Å². The molecule has 1 atom stereocenters. The van der Waals surface area contributed by atoms with E-state index >= 15 is 0 Å². The number of halogens is 5. The molecule has 2 amide bonds. The number of anilines is 2. The van der Waals surface area contributed by atoms with Crippen LogP contribution in [0.2, 0.25) is 10.0 Å². The van der Waals surface area contributed by atoms with Gasteiger partial charge in [-0.1, -0.05) is 71.4 Å². The van der Waals surface area contributed by atoms with Crippen LogP contribution in [0.4, 0.5) is 24.5 Å². The first-order valence-corrected chi connectivity index (χ1v) is 12.3. The van der Waals surface area contributed by atoms with Crippen LogP contribution in [0.3, 0.4) is 0 Å². The number of thioether (sulfide) groups is 1. The smallest absolute Gasteiger partial charge is 0.321 e. The Morgan fingerprint density at radius 1 is 1.03 bits per heavy atom.